The van der Waals surface area contributed by atoms with Gasteiger partial charge in [0, 0.05) is 6.42 Å². The summed E-state index contributed by atoms with van der Waals surface area (Å²) >= 11 is 0. The third kappa shape index (κ3) is 9.45. The van der Waals surface area contributed by atoms with E-state index in [1.54, 1.807) is 20.8 Å². The number of carboxylic acids is 1. The molecule has 5 nitrogen and oxygen atoms in total. The average molecular weight is 436 g/mol. The standard InChI is InChI=1S/C22H37NO4Si2/c1-22(2,3)27-21(26)23-18(20(24)25)14-16-10-11-17(12-13-28(4,5)6)19(15-16)29(7,8)9/h10-13,15,18H,14H2,1-9H3,(H,23,26)(H,24,25). The normalized spacial score (nSPS) is 14.0. The van der Waals surface area contributed by atoms with Gasteiger partial charge in [0.1, 0.15) is 11.6 Å². The maximum Gasteiger partial charge on any atom is 0.408 e. The first-order valence-electron chi connectivity index (χ1n) is 10.0. The number of hydrogen-bond donors (Lipinski definition) is 2. The highest BCUT2D eigenvalue weighted by Gasteiger charge is 2.26. The molecule has 0 saturated heterocycles. The molecule has 1 unspecified atom stereocenters. The molecule has 2 N–H and O–H groups in total. The fourth-order valence-electron chi connectivity index (χ4n) is 2.75. The summed E-state index contributed by atoms with van der Waals surface area (Å²) in [5, 5.41) is 13.3. The second kappa shape index (κ2) is 9.30. The number of carbonyl (C=O) groups is 2. The summed E-state index contributed by atoms with van der Waals surface area (Å²) in [6, 6.07) is 5.11. The van der Waals surface area contributed by atoms with Crippen molar-refractivity contribution >= 4 is 39.5 Å². The highest BCUT2D eigenvalue weighted by Crippen LogP contribution is 2.15. The van der Waals surface area contributed by atoms with E-state index in [4.69, 9.17) is 4.74 Å². The molecule has 162 valence electrons. The zero-order chi connectivity index (χ0) is 22.6. The Kier molecular flexibility index (Phi) is 8.07. The summed E-state index contributed by atoms with van der Waals surface area (Å²) in [7, 11) is -2.96. The van der Waals surface area contributed by atoms with Gasteiger partial charge in [0.25, 0.3) is 0 Å². The van der Waals surface area contributed by atoms with E-state index in [0.29, 0.717) is 0 Å². The summed E-state index contributed by atoms with van der Waals surface area (Å²) in [6.45, 7) is 19.0. The highest BCUT2D eigenvalue weighted by atomic mass is 28.3. The molecule has 7 heteroatoms. The Morgan fingerprint density at radius 1 is 1.14 bits per heavy atom. The van der Waals surface area contributed by atoms with Crippen molar-refractivity contribution in [2.75, 3.05) is 0 Å². The van der Waals surface area contributed by atoms with E-state index >= 15 is 0 Å². The summed E-state index contributed by atoms with van der Waals surface area (Å²) < 4.78 is 5.21. The van der Waals surface area contributed by atoms with Crippen LogP contribution in [0.5, 0.6) is 0 Å². The Hall–Kier alpha value is -1.87. The topological polar surface area (TPSA) is 75.6 Å². The molecule has 0 spiro atoms. The Morgan fingerprint density at radius 2 is 1.72 bits per heavy atom. The van der Waals surface area contributed by atoms with E-state index in [0.717, 1.165) is 5.56 Å². The van der Waals surface area contributed by atoms with Crippen molar-refractivity contribution in [3.63, 3.8) is 0 Å². The molecule has 29 heavy (non-hydrogen) atoms. The number of amides is 1. The van der Waals surface area contributed by atoms with Crippen molar-refractivity contribution in [2.45, 2.75) is 78.1 Å². The molecule has 0 fully saturated rings. The van der Waals surface area contributed by atoms with Crippen LogP contribution in [0.25, 0.3) is 6.08 Å². The second-order valence-electron chi connectivity index (χ2n) is 10.6. The lowest BCUT2D eigenvalue weighted by Crippen LogP contribution is -2.45. The quantitative estimate of drug-likeness (QED) is 0.612. The first-order chi connectivity index (χ1) is 13.0. The number of aliphatic carboxylic acids is 1. The van der Waals surface area contributed by atoms with E-state index in [1.807, 2.05) is 6.07 Å². The van der Waals surface area contributed by atoms with Crippen molar-refractivity contribution in [1.29, 1.82) is 0 Å². The number of alkyl carbamates (subject to hydrolysis) is 1. The predicted molar refractivity (Wildman–Crippen MR) is 126 cm³/mol. The molecule has 1 aromatic carbocycles. The smallest absolute Gasteiger partial charge is 0.408 e. The van der Waals surface area contributed by atoms with Crippen molar-refractivity contribution in [3.8, 4) is 0 Å². The van der Waals surface area contributed by atoms with Gasteiger partial charge in [0.15, 0.2) is 0 Å². The lowest BCUT2D eigenvalue weighted by Gasteiger charge is -2.24. The van der Waals surface area contributed by atoms with Crippen LogP contribution >= 0.6 is 0 Å². The van der Waals surface area contributed by atoms with Crippen LogP contribution in [0.1, 0.15) is 31.9 Å². The molecule has 0 heterocycles. The van der Waals surface area contributed by atoms with Gasteiger partial charge in [-0.3, -0.25) is 0 Å². The van der Waals surface area contributed by atoms with Crippen LogP contribution in [0, 0.1) is 0 Å². The Bertz CT molecular complexity index is 768. The summed E-state index contributed by atoms with van der Waals surface area (Å²) in [5.74, 6) is -1.08. The number of carboxylic acid groups (broad SMARTS) is 1. The minimum Gasteiger partial charge on any atom is -0.480 e. The molecular formula is C22H37NO4Si2. The SMILES string of the molecule is CC(C)(C)OC(=O)NC(Cc1ccc(C=C[Si](C)(C)C)c([Si](C)(C)C)c1)C(=O)O. The molecule has 1 atom stereocenters. The van der Waals surface area contributed by atoms with Gasteiger partial charge in [0.05, 0.1) is 16.1 Å². The number of hydrogen-bond acceptors (Lipinski definition) is 3. The van der Waals surface area contributed by atoms with Crippen molar-refractivity contribution in [1.82, 2.24) is 5.32 Å². The molecule has 0 aliphatic rings. The average Bonchev–Trinajstić information content (AvgIpc) is 2.49. The largest absolute Gasteiger partial charge is 0.480 e. The van der Waals surface area contributed by atoms with Crippen molar-refractivity contribution < 1.29 is 19.4 Å². The van der Waals surface area contributed by atoms with E-state index in [2.05, 4.69) is 68.5 Å². The lowest BCUT2D eigenvalue weighted by atomic mass is 10.0. The maximum atomic E-state index is 12.0. The van der Waals surface area contributed by atoms with Crippen LogP contribution < -0.4 is 10.5 Å². The molecule has 0 aliphatic carbocycles. The van der Waals surface area contributed by atoms with Gasteiger partial charge in [-0.2, -0.15) is 0 Å². The number of carbonyl (C=O) groups excluding carboxylic acids is 1. The lowest BCUT2D eigenvalue weighted by molar-refractivity contribution is -0.139. The second-order valence-corrected chi connectivity index (χ2v) is 20.7. The molecule has 0 bridgehead atoms. The van der Waals surface area contributed by atoms with Crippen molar-refractivity contribution in [2.24, 2.45) is 0 Å². The fourth-order valence-corrected chi connectivity index (χ4v) is 5.08. The monoisotopic (exact) mass is 435 g/mol. The third-order valence-electron chi connectivity index (χ3n) is 4.12. The number of rotatable bonds is 7. The molecule has 1 amide bonds. The molecule has 1 rings (SSSR count). The fraction of sp³-hybridized carbons (Fsp3) is 0.545. The van der Waals surface area contributed by atoms with Gasteiger partial charge in [-0.1, -0.05) is 74.4 Å². The molecule has 0 aromatic heterocycles. The van der Waals surface area contributed by atoms with Crippen molar-refractivity contribution in [3.05, 3.63) is 35.0 Å². The zero-order valence-corrected chi connectivity index (χ0v) is 21.3. The summed E-state index contributed by atoms with van der Waals surface area (Å²) in [6.07, 6.45) is 1.71. The van der Waals surface area contributed by atoms with E-state index < -0.39 is 39.9 Å². The van der Waals surface area contributed by atoms with Crippen LogP contribution in [0.2, 0.25) is 39.3 Å². The van der Waals surface area contributed by atoms with Crippen LogP contribution in [0.3, 0.4) is 0 Å². The molecular weight excluding hydrogens is 398 g/mol. The van der Waals surface area contributed by atoms with Gasteiger partial charge in [0.2, 0.25) is 0 Å². The number of benzene rings is 1. The first-order valence-corrected chi connectivity index (χ1v) is 17.1. The van der Waals surface area contributed by atoms with Gasteiger partial charge in [-0.15, -0.1) is 0 Å². The highest BCUT2D eigenvalue weighted by molar-refractivity contribution is 6.89. The maximum absolute atomic E-state index is 12.0. The Morgan fingerprint density at radius 3 is 2.17 bits per heavy atom. The van der Waals surface area contributed by atoms with E-state index in [1.165, 1.54) is 10.8 Å². The predicted octanol–water partition coefficient (Wildman–Crippen LogP) is 4.64. The summed E-state index contributed by atoms with van der Waals surface area (Å²) in [4.78, 5) is 23.7. The van der Waals surface area contributed by atoms with Gasteiger partial charge in [-0.25, -0.2) is 9.59 Å². The minimum atomic E-state index is -1.64. The molecule has 0 radical (unpaired) electrons. The first kappa shape index (κ1) is 25.2. The number of nitrogens with one attached hydrogen (secondary N) is 1. The Labute approximate surface area is 177 Å². The van der Waals surface area contributed by atoms with Crippen LogP contribution in [0.15, 0.2) is 23.9 Å². The van der Waals surface area contributed by atoms with Gasteiger partial charge < -0.3 is 15.2 Å². The van der Waals surface area contributed by atoms with Gasteiger partial charge >= 0.3 is 12.1 Å². The van der Waals surface area contributed by atoms with Crippen LogP contribution in [-0.2, 0) is 16.0 Å². The Balaban J connectivity index is 3.15. The zero-order valence-electron chi connectivity index (χ0n) is 19.3. The molecule has 0 aliphatic heterocycles. The van der Waals surface area contributed by atoms with E-state index in [-0.39, 0.29) is 6.42 Å². The minimum absolute atomic E-state index is 0.212. The number of ether oxygens (including phenoxy) is 1. The van der Waals surface area contributed by atoms with E-state index in [9.17, 15) is 14.7 Å². The molecule has 0 saturated carbocycles. The van der Waals surface area contributed by atoms with Crippen LogP contribution in [-0.4, -0.2) is 45.0 Å². The summed E-state index contributed by atoms with van der Waals surface area (Å²) in [5.41, 5.74) is 3.76. The van der Waals surface area contributed by atoms with Gasteiger partial charge in [-0.05, 0) is 31.9 Å². The third-order valence-corrected chi connectivity index (χ3v) is 7.33. The van der Waals surface area contributed by atoms with Crippen LogP contribution in [0.4, 0.5) is 4.79 Å². The molecule has 1 aromatic rings.